The second-order valence-electron chi connectivity index (χ2n) is 7.37. The summed E-state index contributed by atoms with van der Waals surface area (Å²) in [6, 6.07) is 4.80. The molecule has 3 amide bonds. The maximum absolute atomic E-state index is 12.5. The van der Waals surface area contributed by atoms with Gasteiger partial charge in [0.2, 0.25) is 17.7 Å². The van der Waals surface area contributed by atoms with E-state index in [9.17, 15) is 27.6 Å². The molecule has 1 heterocycles. The molecule has 5 nitrogen and oxygen atoms in total. The molecule has 2 aliphatic rings. The summed E-state index contributed by atoms with van der Waals surface area (Å²) in [5.41, 5.74) is -0.0249. The molecule has 2 fully saturated rings. The third-order valence-electron chi connectivity index (χ3n) is 5.51. The van der Waals surface area contributed by atoms with E-state index in [0.717, 1.165) is 37.8 Å². The van der Waals surface area contributed by atoms with Gasteiger partial charge in [0.1, 0.15) is 0 Å². The monoisotopic (exact) mass is 396 g/mol. The highest BCUT2D eigenvalue weighted by Gasteiger charge is 2.47. The highest BCUT2D eigenvalue weighted by atomic mass is 19.4. The van der Waals surface area contributed by atoms with Crippen molar-refractivity contribution in [2.45, 2.75) is 44.7 Å². The van der Waals surface area contributed by atoms with Gasteiger partial charge >= 0.3 is 6.18 Å². The zero-order valence-electron chi connectivity index (χ0n) is 15.4. The Morgan fingerprint density at radius 2 is 1.61 bits per heavy atom. The Labute approximate surface area is 161 Å². The van der Waals surface area contributed by atoms with E-state index in [1.165, 1.54) is 17.0 Å². The smallest absolute Gasteiger partial charge is 0.356 e. The minimum atomic E-state index is -4.37. The zero-order chi connectivity index (χ0) is 20.3. The Morgan fingerprint density at radius 1 is 1.04 bits per heavy atom. The number of likely N-dealkylation sites (tertiary alicyclic amines) is 1. The van der Waals surface area contributed by atoms with Crippen LogP contribution in [0.15, 0.2) is 24.3 Å². The van der Waals surface area contributed by atoms with E-state index in [0.29, 0.717) is 12.0 Å². The molecule has 8 heteroatoms. The van der Waals surface area contributed by atoms with Gasteiger partial charge in [-0.05, 0) is 37.0 Å². The Morgan fingerprint density at radius 3 is 2.14 bits per heavy atom. The topological polar surface area (TPSA) is 66.5 Å². The standard InChI is InChI=1S/C20H23F3N2O3/c21-20(22,23)14-7-5-13(6-8-14)9-11-24-17(26)10-12-25-18(27)15-3-1-2-4-16(15)19(25)28/h5-8,15-16H,1-4,9-12H2,(H,24,26)/t15-,16+. The first-order valence-electron chi connectivity index (χ1n) is 9.55. The number of nitrogens with one attached hydrogen (secondary N) is 1. The Bertz CT molecular complexity index is 722. The fourth-order valence-electron chi connectivity index (χ4n) is 3.96. The van der Waals surface area contributed by atoms with Gasteiger partial charge in [-0.3, -0.25) is 19.3 Å². The molecule has 0 spiro atoms. The summed E-state index contributed by atoms with van der Waals surface area (Å²) >= 11 is 0. The predicted octanol–water partition coefficient (Wildman–Crippen LogP) is 2.93. The lowest BCUT2D eigenvalue weighted by molar-refractivity contribution is -0.140. The van der Waals surface area contributed by atoms with Crippen LogP contribution in [0.2, 0.25) is 0 Å². The van der Waals surface area contributed by atoms with E-state index in [4.69, 9.17) is 0 Å². The maximum atomic E-state index is 12.5. The number of benzene rings is 1. The number of carbonyl (C=O) groups is 3. The third kappa shape index (κ3) is 4.54. The molecule has 152 valence electrons. The number of amides is 3. The number of nitrogens with zero attached hydrogens (tertiary/aromatic N) is 1. The largest absolute Gasteiger partial charge is 0.416 e. The molecule has 0 radical (unpaired) electrons. The first-order valence-corrected chi connectivity index (χ1v) is 9.55. The molecule has 1 N–H and O–H groups in total. The lowest BCUT2D eigenvalue weighted by atomic mass is 9.81. The summed E-state index contributed by atoms with van der Waals surface area (Å²) in [7, 11) is 0. The highest BCUT2D eigenvalue weighted by molar-refractivity contribution is 6.05. The normalized spacial score (nSPS) is 22.3. The summed E-state index contributed by atoms with van der Waals surface area (Å²) in [6.07, 6.45) is -0.540. The van der Waals surface area contributed by atoms with Gasteiger partial charge in [0.25, 0.3) is 0 Å². The van der Waals surface area contributed by atoms with Crippen molar-refractivity contribution in [1.82, 2.24) is 10.2 Å². The van der Waals surface area contributed by atoms with Crippen molar-refractivity contribution < 1.29 is 27.6 Å². The molecule has 1 saturated carbocycles. The quantitative estimate of drug-likeness (QED) is 0.752. The summed E-state index contributed by atoms with van der Waals surface area (Å²) in [5.74, 6) is -1.05. The predicted molar refractivity (Wildman–Crippen MR) is 94.9 cm³/mol. The van der Waals surface area contributed by atoms with Gasteiger partial charge in [-0.15, -0.1) is 0 Å². The minimum Gasteiger partial charge on any atom is -0.356 e. The van der Waals surface area contributed by atoms with E-state index in [-0.39, 0.29) is 49.1 Å². The molecule has 1 aliphatic carbocycles. The van der Waals surface area contributed by atoms with Gasteiger partial charge in [0, 0.05) is 19.5 Å². The summed E-state index contributed by atoms with van der Waals surface area (Å²) in [5, 5.41) is 2.68. The molecule has 1 aliphatic heterocycles. The Kier molecular flexibility index (Phi) is 6.05. The molecule has 1 aromatic rings. The Balaban J connectivity index is 1.41. The van der Waals surface area contributed by atoms with E-state index < -0.39 is 11.7 Å². The first kappa shape index (κ1) is 20.4. The fourth-order valence-corrected chi connectivity index (χ4v) is 3.96. The van der Waals surface area contributed by atoms with Gasteiger partial charge in [-0.1, -0.05) is 25.0 Å². The Hall–Kier alpha value is -2.38. The number of rotatable bonds is 6. The van der Waals surface area contributed by atoms with Crippen LogP contribution < -0.4 is 5.32 Å². The first-order chi connectivity index (χ1) is 13.3. The number of carbonyl (C=O) groups excluding carboxylic acids is 3. The second-order valence-corrected chi connectivity index (χ2v) is 7.37. The minimum absolute atomic E-state index is 0.0317. The van der Waals surface area contributed by atoms with Crippen LogP contribution >= 0.6 is 0 Å². The van der Waals surface area contributed by atoms with Gasteiger partial charge in [-0.2, -0.15) is 13.2 Å². The molecule has 0 unspecified atom stereocenters. The number of halogens is 3. The molecule has 1 aromatic carbocycles. The van der Waals surface area contributed by atoms with Gasteiger partial charge in [0.15, 0.2) is 0 Å². The van der Waals surface area contributed by atoms with Crippen molar-refractivity contribution in [2.24, 2.45) is 11.8 Å². The maximum Gasteiger partial charge on any atom is 0.416 e. The zero-order valence-corrected chi connectivity index (χ0v) is 15.4. The number of alkyl halides is 3. The summed E-state index contributed by atoms with van der Waals surface area (Å²) in [4.78, 5) is 37.9. The van der Waals surface area contributed by atoms with Crippen molar-refractivity contribution >= 4 is 17.7 Å². The molecule has 2 atom stereocenters. The SMILES string of the molecule is O=C(CCN1C(=O)[C@H]2CCCC[C@H]2C1=O)NCCc1ccc(C(F)(F)F)cc1. The van der Waals surface area contributed by atoms with Crippen molar-refractivity contribution in [2.75, 3.05) is 13.1 Å². The van der Waals surface area contributed by atoms with E-state index >= 15 is 0 Å². The van der Waals surface area contributed by atoms with Crippen LogP contribution in [0.3, 0.4) is 0 Å². The summed E-state index contributed by atoms with van der Waals surface area (Å²) < 4.78 is 37.6. The van der Waals surface area contributed by atoms with Crippen LogP contribution in [0, 0.1) is 11.8 Å². The number of fused-ring (bicyclic) bond motifs is 1. The highest BCUT2D eigenvalue weighted by Crippen LogP contribution is 2.38. The molecule has 0 bridgehead atoms. The van der Waals surface area contributed by atoms with Crippen LogP contribution in [0.4, 0.5) is 13.2 Å². The molecule has 28 heavy (non-hydrogen) atoms. The van der Waals surface area contributed by atoms with Crippen LogP contribution in [0.25, 0.3) is 0 Å². The third-order valence-corrected chi connectivity index (χ3v) is 5.51. The average Bonchev–Trinajstić information content (AvgIpc) is 2.91. The van der Waals surface area contributed by atoms with Gasteiger partial charge in [-0.25, -0.2) is 0 Å². The van der Waals surface area contributed by atoms with Crippen LogP contribution in [-0.4, -0.2) is 35.7 Å². The number of hydrogen-bond donors (Lipinski definition) is 1. The van der Waals surface area contributed by atoms with Gasteiger partial charge < -0.3 is 5.32 Å². The van der Waals surface area contributed by atoms with Crippen LogP contribution in [0.1, 0.15) is 43.2 Å². The molecular weight excluding hydrogens is 373 g/mol. The molecular formula is C20H23F3N2O3. The van der Waals surface area contributed by atoms with Crippen LogP contribution in [-0.2, 0) is 27.0 Å². The van der Waals surface area contributed by atoms with Crippen molar-refractivity contribution in [3.05, 3.63) is 35.4 Å². The second kappa shape index (κ2) is 8.32. The van der Waals surface area contributed by atoms with Crippen LogP contribution in [0.5, 0.6) is 0 Å². The molecule has 0 aromatic heterocycles. The van der Waals surface area contributed by atoms with Crippen molar-refractivity contribution in [1.29, 1.82) is 0 Å². The number of hydrogen-bond acceptors (Lipinski definition) is 3. The van der Waals surface area contributed by atoms with Crippen molar-refractivity contribution in [3.63, 3.8) is 0 Å². The van der Waals surface area contributed by atoms with E-state index in [1.54, 1.807) is 0 Å². The molecule has 3 rings (SSSR count). The fraction of sp³-hybridized carbons (Fsp3) is 0.550. The number of imide groups is 1. The van der Waals surface area contributed by atoms with E-state index in [2.05, 4.69) is 5.32 Å². The lowest BCUT2D eigenvalue weighted by Crippen LogP contribution is -2.35. The van der Waals surface area contributed by atoms with Crippen molar-refractivity contribution in [3.8, 4) is 0 Å². The van der Waals surface area contributed by atoms with E-state index in [1.807, 2.05) is 0 Å². The lowest BCUT2D eigenvalue weighted by Gasteiger charge is -2.19. The summed E-state index contributed by atoms with van der Waals surface area (Å²) in [6.45, 7) is 0.355. The average molecular weight is 396 g/mol. The van der Waals surface area contributed by atoms with Gasteiger partial charge in [0.05, 0.1) is 17.4 Å². The molecule has 1 saturated heterocycles.